The van der Waals surface area contributed by atoms with Crippen molar-refractivity contribution in [3.8, 4) is 0 Å². The molecule has 2 heterocycles. The molecule has 0 fully saturated rings. The van der Waals surface area contributed by atoms with E-state index < -0.39 is 59.3 Å². The molecule has 0 bridgehead atoms. The number of benzene rings is 2. The van der Waals surface area contributed by atoms with Crippen LogP contribution in [0.25, 0.3) is 0 Å². The lowest BCUT2D eigenvalue weighted by molar-refractivity contribution is -0.143. The number of amides is 2. The van der Waals surface area contributed by atoms with E-state index >= 15 is 0 Å². The lowest BCUT2D eigenvalue weighted by Gasteiger charge is -2.38. The van der Waals surface area contributed by atoms with Crippen LogP contribution in [0.3, 0.4) is 0 Å². The topological polar surface area (TPSA) is 45.6 Å². The largest absolute Gasteiger partial charge is 0.416 e. The van der Waals surface area contributed by atoms with Crippen LogP contribution in [0.5, 0.6) is 0 Å². The Morgan fingerprint density at radius 1 is 0.923 bits per heavy atom. The smallest absolute Gasteiger partial charge is 0.348 e. The maximum absolute atomic E-state index is 14.8. The number of carbonyl (C=O) groups is 2. The van der Waals surface area contributed by atoms with Gasteiger partial charge in [0.05, 0.1) is 11.1 Å². The second-order valence-electron chi connectivity index (χ2n) is 9.16. The Balaban J connectivity index is 1.67. The second-order valence-corrected chi connectivity index (χ2v) is 9.16. The maximum atomic E-state index is 14.8. The first-order valence-corrected chi connectivity index (χ1v) is 12.1. The Hall–Kier alpha value is -3.83. The summed E-state index contributed by atoms with van der Waals surface area (Å²) in [4.78, 5) is 29.1. The molecule has 2 amide bonds. The molecule has 3 aromatic rings. The van der Waals surface area contributed by atoms with Gasteiger partial charge in [-0.05, 0) is 42.8 Å². The van der Waals surface area contributed by atoms with Crippen LogP contribution in [0.1, 0.15) is 52.1 Å². The van der Waals surface area contributed by atoms with Gasteiger partial charge in [-0.25, -0.2) is 4.39 Å². The number of carbonyl (C=O) groups excluding carboxylic acids is 2. The number of halogens is 7. The number of hydrogen-bond acceptors (Lipinski definition) is 2. The van der Waals surface area contributed by atoms with Gasteiger partial charge in [0, 0.05) is 42.7 Å². The molecule has 1 aromatic heterocycles. The molecular formula is C27H24F7N3O2. The summed E-state index contributed by atoms with van der Waals surface area (Å²) in [6.07, 6.45) is -8.19. The summed E-state index contributed by atoms with van der Waals surface area (Å²) in [6.45, 7) is 1.46. The molecule has 2 aromatic carbocycles. The second kappa shape index (κ2) is 10.7. The van der Waals surface area contributed by atoms with E-state index in [2.05, 4.69) is 0 Å². The number of alkyl halides is 6. The molecular weight excluding hydrogens is 531 g/mol. The molecule has 1 atom stereocenters. The van der Waals surface area contributed by atoms with Gasteiger partial charge in [0.25, 0.3) is 5.91 Å². The van der Waals surface area contributed by atoms with Crippen LogP contribution in [-0.4, -0.2) is 45.8 Å². The average molecular weight is 555 g/mol. The molecule has 208 valence electrons. The summed E-state index contributed by atoms with van der Waals surface area (Å²) in [7, 11) is 0. The third-order valence-corrected chi connectivity index (χ3v) is 6.50. The average Bonchev–Trinajstić information content (AvgIpc) is 3.35. The predicted octanol–water partition coefficient (Wildman–Crippen LogP) is 6.15. The van der Waals surface area contributed by atoms with Gasteiger partial charge >= 0.3 is 12.4 Å². The molecule has 4 rings (SSSR count). The maximum Gasteiger partial charge on any atom is 0.416 e. The van der Waals surface area contributed by atoms with Crippen molar-refractivity contribution in [3.63, 3.8) is 0 Å². The molecule has 1 aliphatic rings. The Labute approximate surface area is 219 Å². The van der Waals surface area contributed by atoms with E-state index in [0.717, 1.165) is 4.90 Å². The van der Waals surface area contributed by atoms with E-state index in [1.54, 1.807) is 31.3 Å². The van der Waals surface area contributed by atoms with Gasteiger partial charge in [-0.15, -0.1) is 0 Å². The molecule has 0 radical (unpaired) electrons. The number of nitrogens with zero attached hydrogens (tertiary/aromatic N) is 3. The zero-order chi connectivity index (χ0) is 28.5. The lowest BCUT2D eigenvalue weighted by atomic mass is 9.99. The molecule has 1 aliphatic heterocycles. The first kappa shape index (κ1) is 28.2. The Bertz CT molecular complexity index is 1330. The van der Waals surface area contributed by atoms with Crippen LogP contribution in [0.4, 0.5) is 30.7 Å². The van der Waals surface area contributed by atoms with E-state index in [0.29, 0.717) is 24.4 Å². The fourth-order valence-corrected chi connectivity index (χ4v) is 4.71. The van der Waals surface area contributed by atoms with E-state index in [9.17, 15) is 40.3 Å². The van der Waals surface area contributed by atoms with Gasteiger partial charge < -0.3 is 14.4 Å². The minimum absolute atomic E-state index is 0.0616. The Morgan fingerprint density at radius 2 is 1.56 bits per heavy atom. The van der Waals surface area contributed by atoms with E-state index in [4.69, 9.17) is 0 Å². The van der Waals surface area contributed by atoms with Gasteiger partial charge in [-0.3, -0.25) is 9.59 Å². The van der Waals surface area contributed by atoms with Crippen molar-refractivity contribution in [2.75, 3.05) is 19.6 Å². The molecule has 5 nitrogen and oxygen atoms in total. The molecule has 0 spiro atoms. The summed E-state index contributed by atoms with van der Waals surface area (Å²) in [5, 5.41) is 0. The highest BCUT2D eigenvalue weighted by atomic mass is 19.4. The normalized spacial score (nSPS) is 15.7. The third-order valence-electron chi connectivity index (χ3n) is 6.50. The van der Waals surface area contributed by atoms with Crippen LogP contribution < -0.4 is 0 Å². The first-order valence-electron chi connectivity index (χ1n) is 12.1. The minimum Gasteiger partial charge on any atom is -0.348 e. The van der Waals surface area contributed by atoms with Gasteiger partial charge in [-0.1, -0.05) is 25.1 Å². The molecule has 1 unspecified atom stereocenters. The fraction of sp³-hybridized carbons (Fsp3) is 0.333. The first-order chi connectivity index (χ1) is 18.3. The molecule has 0 N–H and O–H groups in total. The van der Waals surface area contributed by atoms with Gasteiger partial charge in [0.15, 0.2) is 0 Å². The predicted molar refractivity (Wildman–Crippen MR) is 127 cm³/mol. The van der Waals surface area contributed by atoms with Gasteiger partial charge in [-0.2, -0.15) is 26.3 Å². The number of rotatable bonds is 6. The van der Waals surface area contributed by atoms with Crippen LogP contribution in [0.15, 0.2) is 60.8 Å². The van der Waals surface area contributed by atoms with Gasteiger partial charge in [0.2, 0.25) is 5.91 Å². The highest BCUT2D eigenvalue weighted by Crippen LogP contribution is 2.37. The fourth-order valence-electron chi connectivity index (χ4n) is 4.71. The van der Waals surface area contributed by atoms with Crippen LogP contribution in [0.2, 0.25) is 0 Å². The number of aromatic nitrogens is 1. The quantitative estimate of drug-likeness (QED) is 0.343. The molecule has 0 saturated heterocycles. The van der Waals surface area contributed by atoms with Crippen molar-refractivity contribution in [2.24, 2.45) is 0 Å². The standard InChI is InChI=1S/C27H24F7N3O2/c1-2-9-36(25(39)17-13-18(26(29,30)31)15-19(14-17)27(32,33)34)16-23(38)37-12-11-35-10-5-8-22(35)24(37)20-6-3-4-7-21(20)28/h3-8,10,13-15,24H,2,9,11-12,16H2,1H3. The summed E-state index contributed by atoms with van der Waals surface area (Å²) in [5.41, 5.74) is -3.25. The van der Waals surface area contributed by atoms with Crippen LogP contribution >= 0.6 is 0 Å². The summed E-state index contributed by atoms with van der Waals surface area (Å²) >= 11 is 0. The molecule has 0 saturated carbocycles. The zero-order valence-corrected chi connectivity index (χ0v) is 20.7. The van der Waals surface area contributed by atoms with Gasteiger partial charge in [0.1, 0.15) is 18.4 Å². The Morgan fingerprint density at radius 3 is 2.15 bits per heavy atom. The Kier molecular flexibility index (Phi) is 7.76. The van der Waals surface area contributed by atoms with E-state index in [1.807, 2.05) is 4.57 Å². The highest BCUT2D eigenvalue weighted by molar-refractivity contribution is 5.97. The van der Waals surface area contributed by atoms with Crippen molar-refractivity contribution in [1.29, 1.82) is 0 Å². The monoisotopic (exact) mass is 555 g/mol. The van der Waals surface area contributed by atoms with E-state index in [1.165, 1.54) is 23.1 Å². The summed E-state index contributed by atoms with van der Waals surface area (Å²) in [6, 6.07) is 9.16. The number of hydrogen-bond donors (Lipinski definition) is 0. The zero-order valence-electron chi connectivity index (χ0n) is 20.7. The SMILES string of the molecule is CCCN(CC(=O)N1CCn2cccc2C1c1ccccc1F)C(=O)c1cc(C(F)(F)F)cc(C(F)(F)F)c1. The van der Waals surface area contributed by atoms with E-state index in [-0.39, 0.29) is 31.1 Å². The third kappa shape index (κ3) is 5.94. The van der Waals surface area contributed by atoms with Crippen molar-refractivity contribution >= 4 is 11.8 Å². The number of fused-ring (bicyclic) bond motifs is 1. The summed E-state index contributed by atoms with van der Waals surface area (Å²) < 4.78 is 96.8. The lowest BCUT2D eigenvalue weighted by Crippen LogP contribution is -2.48. The molecule has 0 aliphatic carbocycles. The van der Waals surface area contributed by atoms with Crippen molar-refractivity contribution in [1.82, 2.24) is 14.4 Å². The van der Waals surface area contributed by atoms with Crippen LogP contribution in [0, 0.1) is 5.82 Å². The van der Waals surface area contributed by atoms with Crippen molar-refractivity contribution in [3.05, 3.63) is 94.6 Å². The van der Waals surface area contributed by atoms with Crippen LogP contribution in [-0.2, 0) is 23.7 Å². The highest BCUT2D eigenvalue weighted by Gasteiger charge is 2.39. The van der Waals surface area contributed by atoms with Crippen molar-refractivity contribution < 1.29 is 40.3 Å². The minimum atomic E-state index is -5.13. The summed E-state index contributed by atoms with van der Waals surface area (Å²) in [5.74, 6) is -2.33. The molecule has 39 heavy (non-hydrogen) atoms. The molecule has 12 heteroatoms. The van der Waals surface area contributed by atoms with Crippen molar-refractivity contribution in [2.45, 2.75) is 38.3 Å².